The van der Waals surface area contributed by atoms with Crippen molar-refractivity contribution in [2.45, 2.75) is 20.8 Å². The molecule has 0 saturated heterocycles. The molecule has 1 heterocycles. The van der Waals surface area contributed by atoms with Crippen LogP contribution in [0.2, 0.25) is 0 Å². The SMILES string of the molecule is CCOC(=O)c1c(C)[nH]c(C(=O)COc2cc(OC)cc(OC)c2)c1C. The number of carbonyl (C=O) groups is 2. The molecule has 2 rings (SSSR count). The van der Waals surface area contributed by atoms with Crippen LogP contribution < -0.4 is 14.2 Å². The van der Waals surface area contributed by atoms with E-state index in [1.165, 1.54) is 14.2 Å². The first-order chi connectivity index (χ1) is 12.4. The summed E-state index contributed by atoms with van der Waals surface area (Å²) in [6, 6.07) is 5.03. The number of rotatable bonds is 8. The third kappa shape index (κ3) is 4.17. The number of hydrogen-bond donors (Lipinski definition) is 1. The van der Waals surface area contributed by atoms with Gasteiger partial charge in [-0.05, 0) is 26.3 Å². The van der Waals surface area contributed by atoms with E-state index in [2.05, 4.69) is 4.98 Å². The van der Waals surface area contributed by atoms with Crippen molar-refractivity contribution >= 4 is 11.8 Å². The number of aryl methyl sites for hydroxylation is 1. The Bertz CT molecular complexity index is 786. The van der Waals surface area contributed by atoms with Crippen molar-refractivity contribution in [3.05, 3.63) is 40.7 Å². The number of esters is 1. The summed E-state index contributed by atoms with van der Waals surface area (Å²) in [5.41, 5.74) is 1.86. The fourth-order valence-corrected chi connectivity index (χ4v) is 2.62. The zero-order chi connectivity index (χ0) is 19.3. The Kier molecular flexibility index (Phi) is 6.27. The highest BCUT2D eigenvalue weighted by molar-refractivity contribution is 6.02. The Labute approximate surface area is 152 Å². The predicted molar refractivity (Wildman–Crippen MR) is 95.6 cm³/mol. The monoisotopic (exact) mass is 361 g/mol. The second kappa shape index (κ2) is 8.42. The lowest BCUT2D eigenvalue weighted by Gasteiger charge is -2.10. The summed E-state index contributed by atoms with van der Waals surface area (Å²) < 4.78 is 21.0. The summed E-state index contributed by atoms with van der Waals surface area (Å²) in [7, 11) is 3.07. The van der Waals surface area contributed by atoms with Crippen LogP contribution in [0.5, 0.6) is 17.2 Å². The Hall–Kier alpha value is -2.96. The van der Waals surface area contributed by atoms with E-state index < -0.39 is 5.97 Å². The Balaban J connectivity index is 2.16. The number of carbonyl (C=O) groups excluding carboxylic acids is 2. The van der Waals surface area contributed by atoms with Crippen molar-refractivity contribution in [2.24, 2.45) is 0 Å². The fourth-order valence-electron chi connectivity index (χ4n) is 2.62. The molecule has 0 aliphatic carbocycles. The lowest BCUT2D eigenvalue weighted by Crippen LogP contribution is -2.14. The molecule has 0 radical (unpaired) electrons. The van der Waals surface area contributed by atoms with Gasteiger partial charge in [0.2, 0.25) is 5.78 Å². The van der Waals surface area contributed by atoms with Crippen molar-refractivity contribution in [1.82, 2.24) is 4.98 Å². The van der Waals surface area contributed by atoms with Crippen LogP contribution in [0.3, 0.4) is 0 Å². The molecular weight excluding hydrogens is 338 g/mol. The van der Waals surface area contributed by atoms with Gasteiger partial charge in [-0.1, -0.05) is 0 Å². The quantitative estimate of drug-likeness (QED) is 0.574. The number of ketones is 1. The van der Waals surface area contributed by atoms with Crippen LogP contribution >= 0.6 is 0 Å². The average molecular weight is 361 g/mol. The summed E-state index contributed by atoms with van der Waals surface area (Å²) in [5, 5.41) is 0. The molecule has 140 valence electrons. The van der Waals surface area contributed by atoms with Gasteiger partial charge in [-0.25, -0.2) is 4.79 Å². The van der Waals surface area contributed by atoms with Crippen LogP contribution in [0.4, 0.5) is 0 Å². The molecule has 0 unspecified atom stereocenters. The molecule has 2 aromatic rings. The molecule has 0 spiro atoms. The number of aromatic amines is 1. The molecule has 0 aliphatic rings. The normalized spacial score (nSPS) is 10.3. The smallest absolute Gasteiger partial charge is 0.340 e. The largest absolute Gasteiger partial charge is 0.496 e. The van der Waals surface area contributed by atoms with Crippen LogP contribution in [-0.4, -0.2) is 44.2 Å². The maximum absolute atomic E-state index is 12.5. The van der Waals surface area contributed by atoms with Gasteiger partial charge in [-0.2, -0.15) is 0 Å². The topological polar surface area (TPSA) is 86.9 Å². The molecule has 1 aromatic carbocycles. The van der Waals surface area contributed by atoms with Gasteiger partial charge >= 0.3 is 5.97 Å². The second-order valence-corrected chi connectivity index (χ2v) is 5.61. The van der Waals surface area contributed by atoms with Crippen LogP contribution in [0, 0.1) is 13.8 Å². The van der Waals surface area contributed by atoms with E-state index in [1.807, 2.05) is 0 Å². The van der Waals surface area contributed by atoms with E-state index >= 15 is 0 Å². The van der Waals surface area contributed by atoms with E-state index in [-0.39, 0.29) is 19.0 Å². The van der Waals surface area contributed by atoms with Gasteiger partial charge in [0.15, 0.2) is 6.61 Å². The van der Waals surface area contributed by atoms with Crippen LogP contribution in [-0.2, 0) is 4.74 Å². The molecule has 0 atom stereocenters. The number of H-pyrrole nitrogens is 1. The minimum atomic E-state index is -0.448. The molecular formula is C19H23NO6. The van der Waals surface area contributed by atoms with Gasteiger partial charge < -0.3 is 23.9 Å². The third-order valence-corrected chi connectivity index (χ3v) is 3.89. The van der Waals surface area contributed by atoms with Crippen molar-refractivity contribution in [2.75, 3.05) is 27.4 Å². The second-order valence-electron chi connectivity index (χ2n) is 5.61. The summed E-state index contributed by atoms with van der Waals surface area (Å²) in [6.07, 6.45) is 0. The van der Waals surface area contributed by atoms with E-state index in [0.29, 0.717) is 39.8 Å². The van der Waals surface area contributed by atoms with E-state index in [0.717, 1.165) is 0 Å². The van der Waals surface area contributed by atoms with Crippen molar-refractivity contribution in [3.8, 4) is 17.2 Å². The van der Waals surface area contributed by atoms with Crippen molar-refractivity contribution in [1.29, 1.82) is 0 Å². The van der Waals surface area contributed by atoms with E-state index in [4.69, 9.17) is 18.9 Å². The summed E-state index contributed by atoms with van der Waals surface area (Å²) in [5.74, 6) is 0.840. The van der Waals surface area contributed by atoms with Crippen LogP contribution in [0.1, 0.15) is 39.0 Å². The predicted octanol–water partition coefficient (Wildman–Crippen LogP) is 3.09. The van der Waals surface area contributed by atoms with Crippen molar-refractivity contribution in [3.63, 3.8) is 0 Å². The highest BCUT2D eigenvalue weighted by Gasteiger charge is 2.23. The Morgan fingerprint density at radius 1 is 1.00 bits per heavy atom. The van der Waals surface area contributed by atoms with Crippen molar-refractivity contribution < 1.29 is 28.5 Å². The average Bonchev–Trinajstić information content (AvgIpc) is 2.93. The molecule has 1 N–H and O–H groups in total. The lowest BCUT2D eigenvalue weighted by atomic mass is 10.1. The minimum absolute atomic E-state index is 0.195. The third-order valence-electron chi connectivity index (χ3n) is 3.89. The van der Waals surface area contributed by atoms with Gasteiger partial charge in [0, 0.05) is 23.9 Å². The standard InChI is InChI=1S/C19H23NO6/c1-6-25-19(22)17-11(2)18(20-12(17)3)16(21)10-26-15-8-13(23-4)7-14(9-15)24-5/h7-9,20H,6,10H2,1-5H3. The maximum Gasteiger partial charge on any atom is 0.340 e. The van der Waals surface area contributed by atoms with Crippen LogP contribution in [0.25, 0.3) is 0 Å². The molecule has 0 bridgehead atoms. The lowest BCUT2D eigenvalue weighted by molar-refractivity contribution is 0.0525. The Morgan fingerprint density at radius 3 is 2.12 bits per heavy atom. The number of Topliss-reactive ketones (excluding diaryl/α,β-unsaturated/α-hetero) is 1. The number of hydrogen-bond acceptors (Lipinski definition) is 6. The van der Waals surface area contributed by atoms with Crippen LogP contribution in [0.15, 0.2) is 18.2 Å². The first-order valence-corrected chi connectivity index (χ1v) is 8.16. The van der Waals surface area contributed by atoms with E-state index in [1.54, 1.807) is 39.0 Å². The maximum atomic E-state index is 12.5. The molecule has 7 nitrogen and oxygen atoms in total. The highest BCUT2D eigenvalue weighted by Crippen LogP contribution is 2.27. The number of methoxy groups -OCH3 is 2. The summed E-state index contributed by atoms with van der Waals surface area (Å²) >= 11 is 0. The molecule has 1 aromatic heterocycles. The molecule has 0 fully saturated rings. The molecule has 7 heteroatoms. The molecule has 0 amide bonds. The molecule has 0 aliphatic heterocycles. The first kappa shape index (κ1) is 19.4. The zero-order valence-electron chi connectivity index (χ0n) is 15.6. The van der Waals surface area contributed by atoms with Gasteiger partial charge in [-0.15, -0.1) is 0 Å². The minimum Gasteiger partial charge on any atom is -0.496 e. The van der Waals surface area contributed by atoms with E-state index in [9.17, 15) is 9.59 Å². The zero-order valence-corrected chi connectivity index (χ0v) is 15.6. The number of aromatic nitrogens is 1. The summed E-state index contributed by atoms with van der Waals surface area (Å²) in [6.45, 7) is 5.24. The fraction of sp³-hybridized carbons (Fsp3) is 0.368. The highest BCUT2D eigenvalue weighted by atomic mass is 16.5. The number of benzene rings is 1. The molecule has 26 heavy (non-hydrogen) atoms. The molecule has 0 saturated carbocycles. The first-order valence-electron chi connectivity index (χ1n) is 8.16. The van der Waals surface area contributed by atoms with Gasteiger partial charge in [-0.3, -0.25) is 4.79 Å². The van der Waals surface area contributed by atoms with Gasteiger partial charge in [0.25, 0.3) is 0 Å². The number of nitrogens with one attached hydrogen (secondary N) is 1. The Morgan fingerprint density at radius 2 is 1.58 bits per heavy atom. The van der Waals surface area contributed by atoms with Gasteiger partial charge in [0.05, 0.1) is 32.1 Å². The summed E-state index contributed by atoms with van der Waals surface area (Å²) in [4.78, 5) is 27.5. The number of ether oxygens (including phenoxy) is 4. The van der Waals surface area contributed by atoms with Gasteiger partial charge in [0.1, 0.15) is 17.2 Å².